The van der Waals surface area contributed by atoms with Crippen LogP contribution in [0.1, 0.15) is 43.0 Å². The molecule has 5 rings (SSSR count). The molecule has 1 aliphatic heterocycles. The topological polar surface area (TPSA) is 93.0 Å². The van der Waals surface area contributed by atoms with E-state index in [0.29, 0.717) is 16.8 Å². The molecule has 1 spiro atoms. The fourth-order valence-electron chi connectivity index (χ4n) is 4.18. The molecule has 2 fully saturated rings. The average Bonchev–Trinajstić information content (AvgIpc) is 3.39. The Morgan fingerprint density at radius 3 is 2.53 bits per heavy atom. The number of pyridine rings is 1. The van der Waals surface area contributed by atoms with Crippen molar-refractivity contribution in [1.82, 2.24) is 30.2 Å². The molecule has 2 aromatic heterocycles. The number of nitrogens with zero attached hydrogens (tertiary/aromatic N) is 5. The van der Waals surface area contributed by atoms with E-state index in [0.717, 1.165) is 37.0 Å². The number of rotatable bonds is 4. The van der Waals surface area contributed by atoms with Crippen molar-refractivity contribution in [2.24, 2.45) is 5.41 Å². The van der Waals surface area contributed by atoms with Crippen LogP contribution in [0.5, 0.6) is 0 Å². The summed E-state index contributed by atoms with van der Waals surface area (Å²) < 4.78 is 1.63. The summed E-state index contributed by atoms with van der Waals surface area (Å²) in [6, 6.07) is 10.5. The molecule has 3 heterocycles. The molecule has 1 saturated heterocycles. The molecule has 8 heteroatoms. The molecule has 8 nitrogen and oxygen atoms in total. The minimum atomic E-state index is -0.565. The summed E-state index contributed by atoms with van der Waals surface area (Å²) in [7, 11) is 0. The predicted molar refractivity (Wildman–Crippen MR) is 111 cm³/mol. The summed E-state index contributed by atoms with van der Waals surface area (Å²) in [5.74, 6) is 0.248. The molecule has 1 aliphatic carbocycles. The maximum atomic E-state index is 12.7. The number of carbonyl (C=O) groups excluding carboxylic acids is 2. The van der Waals surface area contributed by atoms with Crippen LogP contribution in [0.4, 0.5) is 0 Å². The number of nitrogens with one attached hydrogen (secondary N) is 1. The summed E-state index contributed by atoms with van der Waals surface area (Å²) in [5.41, 5.74) is 2.54. The Hall–Kier alpha value is -3.29. The number of fused-ring (bicyclic) bond motifs is 1. The van der Waals surface area contributed by atoms with E-state index < -0.39 is 6.04 Å². The van der Waals surface area contributed by atoms with Gasteiger partial charge in [-0.1, -0.05) is 17.3 Å². The SMILES string of the molecule is C[C@H](NC(=O)c1ccc(-n2nnc3ccccc32)nc1)C(=O)N1CCC2(CC1)CC2. The Kier molecular flexibility index (Phi) is 4.49. The van der Waals surface area contributed by atoms with Gasteiger partial charge in [-0.05, 0) is 62.3 Å². The lowest BCUT2D eigenvalue weighted by molar-refractivity contribution is -0.134. The first kappa shape index (κ1) is 18.7. The first-order chi connectivity index (χ1) is 14.5. The van der Waals surface area contributed by atoms with Gasteiger partial charge >= 0.3 is 0 Å². The van der Waals surface area contributed by atoms with E-state index >= 15 is 0 Å². The number of hydrogen-bond donors (Lipinski definition) is 1. The van der Waals surface area contributed by atoms with Crippen LogP contribution in [0.25, 0.3) is 16.9 Å². The number of amides is 2. The van der Waals surface area contributed by atoms with E-state index in [1.165, 1.54) is 19.0 Å². The fourth-order valence-corrected chi connectivity index (χ4v) is 4.18. The first-order valence-corrected chi connectivity index (χ1v) is 10.4. The van der Waals surface area contributed by atoms with Crippen molar-refractivity contribution in [2.45, 2.75) is 38.6 Å². The number of carbonyl (C=O) groups is 2. The van der Waals surface area contributed by atoms with Gasteiger partial charge in [-0.2, -0.15) is 4.68 Å². The van der Waals surface area contributed by atoms with Gasteiger partial charge in [0.2, 0.25) is 5.91 Å². The van der Waals surface area contributed by atoms with Gasteiger partial charge in [0.1, 0.15) is 11.6 Å². The largest absolute Gasteiger partial charge is 0.341 e. The average molecular weight is 404 g/mol. The fraction of sp³-hybridized carbons (Fsp3) is 0.409. The van der Waals surface area contributed by atoms with Crippen molar-refractivity contribution < 1.29 is 9.59 Å². The molecule has 1 atom stereocenters. The Morgan fingerprint density at radius 2 is 1.83 bits per heavy atom. The highest BCUT2D eigenvalue weighted by atomic mass is 16.2. The van der Waals surface area contributed by atoms with Gasteiger partial charge in [-0.15, -0.1) is 5.10 Å². The molecule has 0 unspecified atom stereocenters. The van der Waals surface area contributed by atoms with E-state index in [1.807, 2.05) is 29.2 Å². The summed E-state index contributed by atoms with van der Waals surface area (Å²) in [5, 5.41) is 11.1. The van der Waals surface area contributed by atoms with Crippen LogP contribution < -0.4 is 5.32 Å². The van der Waals surface area contributed by atoms with Crippen LogP contribution in [0.15, 0.2) is 42.6 Å². The number of piperidine rings is 1. The number of benzene rings is 1. The van der Waals surface area contributed by atoms with Crippen molar-refractivity contribution >= 4 is 22.8 Å². The minimum Gasteiger partial charge on any atom is -0.341 e. The Balaban J connectivity index is 1.23. The van der Waals surface area contributed by atoms with Gasteiger partial charge in [-0.3, -0.25) is 9.59 Å². The molecule has 3 aromatic rings. The second kappa shape index (κ2) is 7.19. The summed E-state index contributed by atoms with van der Waals surface area (Å²) in [4.78, 5) is 31.6. The second-order valence-corrected chi connectivity index (χ2v) is 8.42. The van der Waals surface area contributed by atoms with E-state index in [1.54, 1.807) is 23.7 Å². The number of hydrogen-bond acceptors (Lipinski definition) is 5. The zero-order chi connectivity index (χ0) is 20.7. The predicted octanol–water partition coefficient (Wildman–Crippen LogP) is 2.34. The second-order valence-electron chi connectivity index (χ2n) is 8.42. The minimum absolute atomic E-state index is 0.0162. The molecule has 0 bridgehead atoms. The lowest BCUT2D eigenvalue weighted by Crippen LogP contribution is -2.49. The Labute approximate surface area is 174 Å². The van der Waals surface area contributed by atoms with Gasteiger partial charge in [0.05, 0.1) is 11.1 Å². The van der Waals surface area contributed by atoms with Crippen LogP contribution in [0.2, 0.25) is 0 Å². The summed E-state index contributed by atoms with van der Waals surface area (Å²) in [6.45, 7) is 3.33. The molecule has 2 amide bonds. The quantitative estimate of drug-likeness (QED) is 0.720. The molecule has 30 heavy (non-hydrogen) atoms. The van der Waals surface area contributed by atoms with Crippen molar-refractivity contribution in [3.8, 4) is 5.82 Å². The van der Waals surface area contributed by atoms with Crippen LogP contribution in [0, 0.1) is 5.41 Å². The third-order valence-electron chi connectivity index (χ3n) is 6.39. The maximum absolute atomic E-state index is 12.7. The molecule has 2 aliphatic rings. The first-order valence-electron chi connectivity index (χ1n) is 10.4. The highest BCUT2D eigenvalue weighted by Crippen LogP contribution is 2.53. The van der Waals surface area contributed by atoms with Crippen molar-refractivity contribution in [3.63, 3.8) is 0 Å². The third-order valence-corrected chi connectivity index (χ3v) is 6.39. The van der Waals surface area contributed by atoms with Gasteiger partial charge < -0.3 is 10.2 Å². The van der Waals surface area contributed by atoms with Crippen molar-refractivity contribution in [2.75, 3.05) is 13.1 Å². The zero-order valence-electron chi connectivity index (χ0n) is 16.9. The van der Waals surface area contributed by atoms with Gasteiger partial charge in [-0.25, -0.2) is 4.98 Å². The van der Waals surface area contributed by atoms with Crippen LogP contribution in [-0.4, -0.2) is 55.8 Å². The van der Waals surface area contributed by atoms with Crippen LogP contribution in [0.3, 0.4) is 0 Å². The van der Waals surface area contributed by atoms with Gasteiger partial charge in [0, 0.05) is 19.3 Å². The standard InChI is InChI=1S/C22H24N6O2/c1-15(21(30)27-12-10-22(8-9-22)11-13-27)24-20(29)16-6-7-19(23-14-16)28-18-5-3-2-4-17(18)25-26-28/h2-7,14-15H,8-13H2,1H3,(H,24,29)/t15-/m0/s1. The lowest BCUT2D eigenvalue weighted by Gasteiger charge is -2.33. The van der Waals surface area contributed by atoms with E-state index in [2.05, 4.69) is 20.6 Å². The molecule has 1 aromatic carbocycles. The van der Waals surface area contributed by atoms with E-state index in [9.17, 15) is 9.59 Å². The van der Waals surface area contributed by atoms with Gasteiger partial charge in [0.25, 0.3) is 5.91 Å². The van der Waals surface area contributed by atoms with Crippen molar-refractivity contribution in [3.05, 3.63) is 48.2 Å². The molecule has 0 radical (unpaired) electrons. The highest BCUT2D eigenvalue weighted by molar-refractivity contribution is 5.97. The van der Waals surface area contributed by atoms with Gasteiger partial charge in [0.15, 0.2) is 5.82 Å². The Bertz CT molecular complexity index is 1090. The van der Waals surface area contributed by atoms with Crippen LogP contribution >= 0.6 is 0 Å². The molecule has 1 N–H and O–H groups in total. The number of aromatic nitrogens is 4. The highest BCUT2D eigenvalue weighted by Gasteiger charge is 2.45. The maximum Gasteiger partial charge on any atom is 0.253 e. The van der Waals surface area contributed by atoms with E-state index in [4.69, 9.17) is 0 Å². The normalized spacial score (nSPS) is 18.4. The zero-order valence-corrected chi connectivity index (χ0v) is 16.9. The molecular weight excluding hydrogens is 380 g/mol. The van der Waals surface area contributed by atoms with Crippen LogP contribution in [-0.2, 0) is 4.79 Å². The molecular formula is C22H24N6O2. The van der Waals surface area contributed by atoms with Crippen molar-refractivity contribution in [1.29, 1.82) is 0 Å². The molecule has 154 valence electrons. The summed E-state index contributed by atoms with van der Waals surface area (Å²) >= 11 is 0. The number of likely N-dealkylation sites (tertiary alicyclic amines) is 1. The summed E-state index contributed by atoms with van der Waals surface area (Å²) in [6.07, 6.45) is 6.27. The smallest absolute Gasteiger partial charge is 0.253 e. The Morgan fingerprint density at radius 1 is 1.07 bits per heavy atom. The number of para-hydroxylation sites is 1. The molecule has 1 saturated carbocycles. The third kappa shape index (κ3) is 3.42. The van der Waals surface area contributed by atoms with E-state index in [-0.39, 0.29) is 11.8 Å². The lowest BCUT2D eigenvalue weighted by atomic mass is 9.93. The monoisotopic (exact) mass is 404 g/mol.